The largest absolute Gasteiger partial charge is 0.342 e. The highest BCUT2D eigenvalue weighted by molar-refractivity contribution is 7.12. The Morgan fingerprint density at radius 1 is 1.08 bits per heavy atom. The van der Waals surface area contributed by atoms with Gasteiger partial charge < -0.3 is 10.2 Å². The second-order valence-corrected chi connectivity index (χ2v) is 8.64. The summed E-state index contributed by atoms with van der Waals surface area (Å²) in [4.78, 5) is 30.0. The third kappa shape index (κ3) is 3.27. The van der Waals surface area contributed by atoms with Crippen LogP contribution in [0.15, 0.2) is 46.5 Å². The first-order chi connectivity index (χ1) is 12.2. The van der Waals surface area contributed by atoms with Crippen molar-refractivity contribution in [2.45, 2.75) is 12.5 Å². The Morgan fingerprint density at radius 2 is 1.92 bits per heavy atom. The van der Waals surface area contributed by atoms with Crippen molar-refractivity contribution in [3.8, 4) is 0 Å². The van der Waals surface area contributed by atoms with Crippen molar-refractivity contribution >= 4 is 45.8 Å². The maximum Gasteiger partial charge on any atom is 0.261 e. The fourth-order valence-corrected chi connectivity index (χ4v) is 5.49. The maximum atomic E-state index is 12.8. The lowest BCUT2D eigenvalue weighted by molar-refractivity contribution is -0.132. The molecule has 2 amide bonds. The normalized spacial score (nSPS) is 16.5. The molecule has 0 fully saturated rings. The SMILES string of the molecule is O=C(NCC(=O)N1CCc2sccc2[C@H]1c1cccs1)c1cccs1. The molecule has 128 valence electrons. The lowest BCUT2D eigenvalue weighted by atomic mass is 9.98. The molecule has 0 aliphatic carbocycles. The van der Waals surface area contributed by atoms with Crippen LogP contribution in [0.2, 0.25) is 0 Å². The summed E-state index contributed by atoms with van der Waals surface area (Å²) >= 11 is 4.79. The van der Waals surface area contributed by atoms with Crippen LogP contribution >= 0.6 is 34.0 Å². The molecule has 0 aromatic carbocycles. The molecule has 4 heterocycles. The Hall–Kier alpha value is -1.96. The zero-order valence-electron chi connectivity index (χ0n) is 13.3. The van der Waals surface area contributed by atoms with Crippen LogP contribution in [0.1, 0.15) is 31.0 Å². The van der Waals surface area contributed by atoms with Crippen molar-refractivity contribution in [2.24, 2.45) is 0 Å². The van der Waals surface area contributed by atoms with Crippen molar-refractivity contribution in [3.05, 3.63) is 66.7 Å². The van der Waals surface area contributed by atoms with E-state index in [4.69, 9.17) is 0 Å². The summed E-state index contributed by atoms with van der Waals surface area (Å²) in [6.07, 6.45) is 0.874. The number of amides is 2. The van der Waals surface area contributed by atoms with Crippen LogP contribution in [0.5, 0.6) is 0 Å². The second-order valence-electron chi connectivity index (χ2n) is 5.71. The predicted octanol–water partition coefficient (Wildman–Crippen LogP) is 3.78. The standard InChI is InChI=1S/C18H16N2O2S3/c21-16(11-19-18(22)15-4-2-9-24-15)20-7-5-13-12(6-10-25-13)17(20)14-3-1-8-23-14/h1-4,6,8-10,17H,5,7,11H2,(H,19,22)/t17-/m0/s1. The third-order valence-electron chi connectivity index (χ3n) is 4.24. The molecule has 4 rings (SSSR count). The number of carbonyl (C=O) groups is 2. The fraction of sp³-hybridized carbons (Fsp3) is 0.222. The average Bonchev–Trinajstić information content (AvgIpc) is 3.39. The molecule has 4 nitrogen and oxygen atoms in total. The van der Waals surface area contributed by atoms with E-state index in [2.05, 4.69) is 22.8 Å². The van der Waals surface area contributed by atoms with Crippen molar-refractivity contribution in [1.29, 1.82) is 0 Å². The van der Waals surface area contributed by atoms with Crippen LogP contribution in [-0.4, -0.2) is 29.8 Å². The van der Waals surface area contributed by atoms with Gasteiger partial charge in [-0.3, -0.25) is 9.59 Å². The Bertz CT molecular complexity index is 868. The molecule has 0 unspecified atom stereocenters. The van der Waals surface area contributed by atoms with Crippen molar-refractivity contribution in [3.63, 3.8) is 0 Å². The molecule has 1 aliphatic rings. The van der Waals surface area contributed by atoms with E-state index in [9.17, 15) is 9.59 Å². The smallest absolute Gasteiger partial charge is 0.261 e. The van der Waals surface area contributed by atoms with Crippen LogP contribution in [0, 0.1) is 0 Å². The molecule has 25 heavy (non-hydrogen) atoms. The number of fused-ring (bicyclic) bond motifs is 1. The molecule has 7 heteroatoms. The first-order valence-corrected chi connectivity index (χ1v) is 10.6. The highest BCUT2D eigenvalue weighted by Gasteiger charge is 2.33. The molecule has 1 aliphatic heterocycles. The van der Waals surface area contributed by atoms with Gasteiger partial charge in [0.15, 0.2) is 0 Å². The number of carbonyl (C=O) groups excluding carboxylic acids is 2. The zero-order chi connectivity index (χ0) is 17.2. The lowest BCUT2D eigenvalue weighted by Crippen LogP contribution is -2.45. The Morgan fingerprint density at radius 3 is 2.68 bits per heavy atom. The van der Waals surface area contributed by atoms with Gasteiger partial charge in [0.05, 0.1) is 17.5 Å². The minimum atomic E-state index is -0.191. The minimum Gasteiger partial charge on any atom is -0.342 e. The van der Waals surface area contributed by atoms with E-state index in [-0.39, 0.29) is 24.4 Å². The van der Waals surface area contributed by atoms with Crippen molar-refractivity contribution in [2.75, 3.05) is 13.1 Å². The van der Waals surface area contributed by atoms with Gasteiger partial charge in [0, 0.05) is 16.3 Å². The van der Waals surface area contributed by atoms with Gasteiger partial charge in [-0.05, 0) is 46.3 Å². The van der Waals surface area contributed by atoms with Gasteiger partial charge in [0.25, 0.3) is 5.91 Å². The molecular weight excluding hydrogens is 372 g/mol. The van der Waals surface area contributed by atoms with Gasteiger partial charge in [0.1, 0.15) is 0 Å². The van der Waals surface area contributed by atoms with Crippen LogP contribution in [0.4, 0.5) is 0 Å². The van der Waals surface area contributed by atoms with E-state index in [1.807, 2.05) is 27.8 Å². The highest BCUT2D eigenvalue weighted by atomic mass is 32.1. The van der Waals surface area contributed by atoms with Crippen molar-refractivity contribution < 1.29 is 9.59 Å². The van der Waals surface area contributed by atoms with E-state index in [0.29, 0.717) is 11.4 Å². The van der Waals surface area contributed by atoms with Gasteiger partial charge in [0.2, 0.25) is 5.91 Å². The lowest BCUT2D eigenvalue weighted by Gasteiger charge is -2.35. The summed E-state index contributed by atoms with van der Waals surface area (Å²) in [5, 5.41) is 8.74. The van der Waals surface area contributed by atoms with Crippen molar-refractivity contribution in [1.82, 2.24) is 10.2 Å². The summed E-state index contributed by atoms with van der Waals surface area (Å²) in [6, 6.07) is 9.76. The number of nitrogens with one attached hydrogen (secondary N) is 1. The summed E-state index contributed by atoms with van der Waals surface area (Å²) < 4.78 is 0. The van der Waals surface area contributed by atoms with E-state index < -0.39 is 0 Å². The van der Waals surface area contributed by atoms with Crippen LogP contribution in [0.25, 0.3) is 0 Å². The number of hydrogen-bond donors (Lipinski definition) is 1. The van der Waals surface area contributed by atoms with Gasteiger partial charge in [-0.15, -0.1) is 34.0 Å². The Balaban J connectivity index is 1.52. The first kappa shape index (κ1) is 16.5. The maximum absolute atomic E-state index is 12.8. The molecule has 3 aromatic rings. The second kappa shape index (κ2) is 7.11. The molecule has 0 saturated carbocycles. The Kier molecular flexibility index (Phi) is 4.70. The molecule has 1 N–H and O–H groups in total. The molecule has 0 spiro atoms. The Labute approximate surface area is 157 Å². The van der Waals surface area contributed by atoms with Crippen LogP contribution in [-0.2, 0) is 11.2 Å². The summed E-state index contributed by atoms with van der Waals surface area (Å²) in [7, 11) is 0. The van der Waals surface area contributed by atoms with Gasteiger partial charge in [-0.1, -0.05) is 12.1 Å². The number of hydrogen-bond acceptors (Lipinski definition) is 5. The topological polar surface area (TPSA) is 49.4 Å². The molecule has 3 aromatic heterocycles. The van der Waals surface area contributed by atoms with Crippen LogP contribution < -0.4 is 5.32 Å². The van der Waals surface area contributed by atoms with Gasteiger partial charge in [-0.25, -0.2) is 0 Å². The zero-order valence-corrected chi connectivity index (χ0v) is 15.8. The number of rotatable bonds is 4. The van der Waals surface area contributed by atoms with E-state index >= 15 is 0 Å². The minimum absolute atomic E-state index is 0.0259. The predicted molar refractivity (Wildman–Crippen MR) is 103 cm³/mol. The summed E-state index contributed by atoms with van der Waals surface area (Å²) in [5.74, 6) is -0.232. The monoisotopic (exact) mass is 388 g/mol. The fourth-order valence-electron chi connectivity index (χ4n) is 3.09. The number of thiophene rings is 3. The molecule has 0 saturated heterocycles. The molecule has 0 bridgehead atoms. The summed E-state index contributed by atoms with van der Waals surface area (Å²) in [5.41, 5.74) is 1.22. The van der Waals surface area contributed by atoms with E-state index in [0.717, 1.165) is 11.3 Å². The molecular formula is C18H16N2O2S3. The molecule has 0 radical (unpaired) electrons. The first-order valence-electron chi connectivity index (χ1n) is 7.95. The van der Waals surface area contributed by atoms with E-state index in [1.54, 1.807) is 28.7 Å². The van der Waals surface area contributed by atoms with Gasteiger partial charge >= 0.3 is 0 Å². The van der Waals surface area contributed by atoms with Crippen LogP contribution in [0.3, 0.4) is 0 Å². The molecule has 1 atom stereocenters. The quantitative estimate of drug-likeness (QED) is 0.740. The third-order valence-corrected chi connectivity index (χ3v) is 7.03. The average molecular weight is 389 g/mol. The van der Waals surface area contributed by atoms with E-state index in [1.165, 1.54) is 21.8 Å². The number of nitrogens with zero attached hydrogens (tertiary/aromatic N) is 1. The van der Waals surface area contributed by atoms with Gasteiger partial charge in [-0.2, -0.15) is 0 Å². The summed E-state index contributed by atoms with van der Waals surface area (Å²) in [6.45, 7) is 0.710. The highest BCUT2D eigenvalue weighted by Crippen LogP contribution is 2.39.